The number of hydrogen-bond acceptors (Lipinski definition) is 4. The second kappa shape index (κ2) is 7.78. The Bertz CT molecular complexity index is 1490. The van der Waals surface area contributed by atoms with Gasteiger partial charge in [0.1, 0.15) is 5.82 Å². The molecule has 3 aromatic heterocycles. The highest BCUT2D eigenvalue weighted by Gasteiger charge is 2.29. The molecule has 7 rings (SSSR count). The van der Waals surface area contributed by atoms with Gasteiger partial charge < -0.3 is 14.0 Å². The molecule has 34 heavy (non-hydrogen) atoms. The molecule has 8 heteroatoms. The number of halogens is 1. The maximum atomic E-state index is 13.9. The first-order valence-electron chi connectivity index (χ1n) is 11.7. The maximum Gasteiger partial charge on any atom is 0.123 e. The first kappa shape index (κ1) is 19.9. The molecule has 0 amide bonds. The van der Waals surface area contributed by atoms with E-state index in [0.29, 0.717) is 19.1 Å². The van der Waals surface area contributed by atoms with E-state index in [1.165, 1.54) is 23.4 Å². The lowest BCUT2D eigenvalue weighted by molar-refractivity contribution is -0.0286. The molecule has 172 valence electrons. The standard InChI is InChI=1S/C26H24FN5O2/c27-19-1-3-20(4-2-19)32-24-9-17-11-28-30-23(17)10-22(24)25(26(32)16-5-7-33-8-6-16)18-12-29-31(13-18)21-14-34-15-21/h1-4,9-13,16,21H,5-8,14-15H2,(H,28,30). The fourth-order valence-electron chi connectivity index (χ4n) is 5.32. The largest absolute Gasteiger partial charge is 0.381 e. The molecular formula is C26H24FN5O2. The van der Waals surface area contributed by atoms with Crippen LogP contribution in [0.1, 0.15) is 30.5 Å². The predicted octanol–water partition coefficient (Wildman–Crippen LogP) is 4.97. The van der Waals surface area contributed by atoms with E-state index in [2.05, 4.69) is 38.2 Å². The van der Waals surface area contributed by atoms with Crippen molar-refractivity contribution in [3.63, 3.8) is 0 Å². The molecule has 2 aliphatic heterocycles. The Kier molecular flexibility index (Phi) is 4.56. The number of aromatic amines is 1. The normalized spacial score (nSPS) is 17.6. The van der Waals surface area contributed by atoms with Crippen LogP contribution in [0.4, 0.5) is 4.39 Å². The van der Waals surface area contributed by atoms with Crippen LogP contribution >= 0.6 is 0 Å². The Morgan fingerprint density at radius 2 is 1.82 bits per heavy atom. The topological polar surface area (TPSA) is 69.9 Å². The van der Waals surface area contributed by atoms with Gasteiger partial charge in [0, 0.05) is 58.6 Å². The monoisotopic (exact) mass is 457 g/mol. The van der Waals surface area contributed by atoms with E-state index in [1.807, 2.05) is 29.2 Å². The molecule has 2 saturated heterocycles. The Morgan fingerprint density at radius 3 is 2.59 bits per heavy atom. The van der Waals surface area contributed by atoms with Crippen molar-refractivity contribution in [3.05, 3.63) is 66.5 Å². The van der Waals surface area contributed by atoms with Crippen molar-refractivity contribution < 1.29 is 13.9 Å². The predicted molar refractivity (Wildman–Crippen MR) is 127 cm³/mol. The summed E-state index contributed by atoms with van der Waals surface area (Å²) in [5.74, 6) is 0.0716. The SMILES string of the molecule is Fc1ccc(-n2c(C3CCOCC3)c(-c3cnn(C4COC4)c3)c3cc4[nH]ncc4cc32)cc1. The molecule has 0 radical (unpaired) electrons. The average molecular weight is 458 g/mol. The van der Waals surface area contributed by atoms with Gasteiger partial charge in [-0.25, -0.2) is 4.39 Å². The Hall–Kier alpha value is -3.49. The smallest absolute Gasteiger partial charge is 0.123 e. The van der Waals surface area contributed by atoms with Crippen LogP contribution in [0, 0.1) is 5.82 Å². The number of fused-ring (bicyclic) bond motifs is 2. The summed E-state index contributed by atoms with van der Waals surface area (Å²) >= 11 is 0. The molecule has 2 fully saturated rings. The van der Waals surface area contributed by atoms with E-state index in [9.17, 15) is 4.39 Å². The van der Waals surface area contributed by atoms with Gasteiger partial charge in [-0.15, -0.1) is 0 Å². The summed E-state index contributed by atoms with van der Waals surface area (Å²) in [5, 5.41) is 14.2. The summed E-state index contributed by atoms with van der Waals surface area (Å²) in [5.41, 5.74) is 6.50. The first-order chi connectivity index (χ1) is 16.8. The molecule has 0 bridgehead atoms. The summed E-state index contributed by atoms with van der Waals surface area (Å²) < 4.78 is 29.3. The average Bonchev–Trinajstić information content (AvgIpc) is 3.55. The van der Waals surface area contributed by atoms with E-state index in [1.54, 1.807) is 0 Å². The molecule has 7 nitrogen and oxygen atoms in total. The third-order valence-electron chi connectivity index (χ3n) is 7.14. The van der Waals surface area contributed by atoms with Gasteiger partial charge in [-0.1, -0.05) is 0 Å². The van der Waals surface area contributed by atoms with E-state index >= 15 is 0 Å². The highest BCUT2D eigenvalue weighted by molar-refractivity contribution is 6.05. The van der Waals surface area contributed by atoms with Crippen molar-refractivity contribution in [1.82, 2.24) is 24.5 Å². The zero-order valence-corrected chi connectivity index (χ0v) is 18.6. The van der Waals surface area contributed by atoms with Gasteiger partial charge in [-0.05, 0) is 49.2 Å². The number of rotatable bonds is 4. The number of ether oxygens (including phenoxy) is 2. The fourth-order valence-corrected chi connectivity index (χ4v) is 5.32. The van der Waals surface area contributed by atoms with Gasteiger partial charge in [0.05, 0.1) is 42.7 Å². The van der Waals surface area contributed by atoms with Gasteiger partial charge >= 0.3 is 0 Å². The van der Waals surface area contributed by atoms with Crippen molar-refractivity contribution in [2.45, 2.75) is 24.8 Å². The van der Waals surface area contributed by atoms with Gasteiger partial charge in [0.2, 0.25) is 0 Å². The first-order valence-corrected chi connectivity index (χ1v) is 11.7. The molecule has 2 aliphatic rings. The number of benzene rings is 2. The number of H-pyrrole nitrogens is 1. The van der Waals surface area contributed by atoms with E-state index in [4.69, 9.17) is 9.47 Å². The summed E-state index contributed by atoms with van der Waals surface area (Å²) in [6, 6.07) is 11.4. The lowest BCUT2D eigenvalue weighted by Gasteiger charge is -2.26. The van der Waals surface area contributed by atoms with E-state index in [0.717, 1.165) is 59.1 Å². The summed E-state index contributed by atoms with van der Waals surface area (Å²) in [4.78, 5) is 0. The van der Waals surface area contributed by atoms with Crippen LogP contribution in [0.25, 0.3) is 38.6 Å². The minimum atomic E-state index is -0.241. The van der Waals surface area contributed by atoms with Crippen molar-refractivity contribution in [2.24, 2.45) is 0 Å². The van der Waals surface area contributed by atoms with Crippen molar-refractivity contribution in [1.29, 1.82) is 0 Å². The minimum Gasteiger partial charge on any atom is -0.381 e. The Morgan fingerprint density at radius 1 is 1.00 bits per heavy atom. The number of hydrogen-bond donors (Lipinski definition) is 1. The summed E-state index contributed by atoms with van der Waals surface area (Å²) in [6.07, 6.45) is 7.82. The summed E-state index contributed by atoms with van der Waals surface area (Å²) in [7, 11) is 0. The minimum absolute atomic E-state index is 0.241. The van der Waals surface area contributed by atoms with Crippen LogP contribution in [0.2, 0.25) is 0 Å². The van der Waals surface area contributed by atoms with Crippen LogP contribution in [0.15, 0.2) is 55.0 Å². The quantitative estimate of drug-likeness (QED) is 0.414. The third kappa shape index (κ3) is 3.09. The van der Waals surface area contributed by atoms with Gasteiger partial charge in [-0.3, -0.25) is 9.78 Å². The molecule has 5 aromatic rings. The molecule has 0 atom stereocenters. The fraction of sp³-hybridized carbons (Fsp3) is 0.308. The molecule has 5 heterocycles. The highest BCUT2D eigenvalue weighted by Crippen LogP contribution is 2.44. The van der Waals surface area contributed by atoms with Crippen LogP contribution < -0.4 is 0 Å². The molecular weight excluding hydrogens is 433 g/mol. The molecule has 2 aromatic carbocycles. The molecule has 0 unspecified atom stereocenters. The van der Waals surface area contributed by atoms with Gasteiger partial charge in [0.25, 0.3) is 0 Å². The maximum absolute atomic E-state index is 13.9. The van der Waals surface area contributed by atoms with E-state index < -0.39 is 0 Å². The van der Waals surface area contributed by atoms with Crippen molar-refractivity contribution in [2.75, 3.05) is 26.4 Å². The van der Waals surface area contributed by atoms with E-state index in [-0.39, 0.29) is 11.9 Å². The van der Waals surface area contributed by atoms with Crippen molar-refractivity contribution in [3.8, 4) is 16.8 Å². The van der Waals surface area contributed by atoms with Crippen molar-refractivity contribution >= 4 is 21.8 Å². The van der Waals surface area contributed by atoms with Crippen LogP contribution in [-0.4, -0.2) is 51.0 Å². The summed E-state index contributed by atoms with van der Waals surface area (Å²) in [6.45, 7) is 2.86. The number of nitrogens with one attached hydrogen (secondary N) is 1. The molecule has 1 N–H and O–H groups in total. The molecule has 0 saturated carbocycles. The second-order valence-corrected chi connectivity index (χ2v) is 9.19. The molecule has 0 spiro atoms. The number of aromatic nitrogens is 5. The van der Waals surface area contributed by atoms with Crippen LogP contribution in [0.5, 0.6) is 0 Å². The van der Waals surface area contributed by atoms with Crippen LogP contribution in [-0.2, 0) is 9.47 Å². The van der Waals surface area contributed by atoms with Gasteiger partial charge in [0.15, 0.2) is 0 Å². The third-order valence-corrected chi connectivity index (χ3v) is 7.14. The zero-order valence-electron chi connectivity index (χ0n) is 18.6. The lowest BCUT2D eigenvalue weighted by Crippen LogP contribution is -2.30. The molecule has 0 aliphatic carbocycles. The van der Waals surface area contributed by atoms with Gasteiger partial charge in [-0.2, -0.15) is 10.2 Å². The second-order valence-electron chi connectivity index (χ2n) is 9.19. The Labute approximate surface area is 195 Å². The Balaban J connectivity index is 1.55. The lowest BCUT2D eigenvalue weighted by atomic mass is 9.91. The highest BCUT2D eigenvalue weighted by atomic mass is 19.1. The number of nitrogens with zero attached hydrogens (tertiary/aromatic N) is 4. The van der Waals surface area contributed by atoms with Crippen LogP contribution in [0.3, 0.4) is 0 Å². The zero-order chi connectivity index (χ0) is 22.6.